The van der Waals surface area contributed by atoms with Crippen molar-refractivity contribution in [2.45, 2.75) is 57.0 Å². The van der Waals surface area contributed by atoms with Crippen molar-refractivity contribution in [1.29, 1.82) is 0 Å². The molecule has 3 aliphatic rings. The molecule has 26 heavy (non-hydrogen) atoms. The number of piperidine rings is 1. The summed E-state index contributed by atoms with van der Waals surface area (Å²) in [5.41, 5.74) is 6.34. The molecular formula is C19H29N5O2. The van der Waals surface area contributed by atoms with Gasteiger partial charge in [0.15, 0.2) is 5.82 Å². The van der Waals surface area contributed by atoms with E-state index in [0.29, 0.717) is 30.6 Å². The number of aryl methyl sites for hydroxylation is 1. The van der Waals surface area contributed by atoms with Gasteiger partial charge in [0.05, 0.1) is 0 Å². The number of hydrogen-bond donors (Lipinski definition) is 2. The van der Waals surface area contributed by atoms with E-state index in [1.54, 1.807) is 9.58 Å². The van der Waals surface area contributed by atoms with Crippen LogP contribution in [-0.4, -0.2) is 40.2 Å². The summed E-state index contributed by atoms with van der Waals surface area (Å²) in [6.45, 7) is 0.657. The lowest BCUT2D eigenvalue weighted by atomic mass is 9.65. The van der Waals surface area contributed by atoms with Crippen LogP contribution in [0.15, 0.2) is 12.3 Å². The maximum atomic E-state index is 12.9. The third-order valence-electron chi connectivity index (χ3n) is 6.52. The Morgan fingerprint density at radius 1 is 1.23 bits per heavy atom. The minimum absolute atomic E-state index is 0.00290. The molecule has 2 amide bonds. The highest BCUT2D eigenvalue weighted by Crippen LogP contribution is 2.42. The monoisotopic (exact) mass is 359 g/mol. The number of carbonyl (C=O) groups excluding carboxylic acids is 2. The smallest absolute Gasteiger partial charge is 0.250 e. The number of fused-ring (bicyclic) bond motifs is 2. The molecule has 4 rings (SSSR count). The molecule has 3 N–H and O–H groups in total. The van der Waals surface area contributed by atoms with E-state index in [4.69, 9.17) is 5.73 Å². The molecule has 0 aromatic carbocycles. The number of nitrogens with two attached hydrogens (primary N) is 1. The van der Waals surface area contributed by atoms with Gasteiger partial charge in [-0.25, -0.2) is 0 Å². The van der Waals surface area contributed by atoms with Crippen LogP contribution in [0.4, 0.5) is 5.82 Å². The van der Waals surface area contributed by atoms with Crippen molar-refractivity contribution in [3.8, 4) is 0 Å². The maximum Gasteiger partial charge on any atom is 0.250 e. The van der Waals surface area contributed by atoms with Gasteiger partial charge in [0, 0.05) is 37.8 Å². The number of hydrogen-bond acceptors (Lipinski definition) is 4. The Kier molecular flexibility index (Phi) is 4.73. The number of nitrogens with zero attached hydrogens (tertiary/aromatic N) is 3. The van der Waals surface area contributed by atoms with Crippen LogP contribution in [0, 0.1) is 17.8 Å². The van der Waals surface area contributed by atoms with E-state index < -0.39 is 6.04 Å². The molecule has 3 fully saturated rings. The highest BCUT2D eigenvalue weighted by molar-refractivity contribution is 5.99. The molecule has 142 valence electrons. The van der Waals surface area contributed by atoms with Gasteiger partial charge in [0.1, 0.15) is 6.04 Å². The van der Waals surface area contributed by atoms with Crippen LogP contribution < -0.4 is 16.0 Å². The summed E-state index contributed by atoms with van der Waals surface area (Å²) in [5.74, 6) is 1.58. The Hall–Kier alpha value is -1.89. The van der Waals surface area contributed by atoms with Crippen molar-refractivity contribution >= 4 is 17.6 Å². The van der Waals surface area contributed by atoms with E-state index in [1.165, 1.54) is 6.42 Å². The van der Waals surface area contributed by atoms with Crippen LogP contribution in [-0.2, 0) is 16.6 Å². The van der Waals surface area contributed by atoms with Crippen LogP contribution in [0.1, 0.15) is 44.9 Å². The van der Waals surface area contributed by atoms with Crippen LogP contribution in [0.5, 0.6) is 0 Å². The number of rotatable bonds is 3. The Morgan fingerprint density at radius 3 is 2.62 bits per heavy atom. The molecule has 3 unspecified atom stereocenters. The summed E-state index contributed by atoms with van der Waals surface area (Å²) < 4.78 is 1.69. The van der Waals surface area contributed by atoms with Crippen molar-refractivity contribution < 1.29 is 9.59 Å². The van der Waals surface area contributed by atoms with E-state index in [0.717, 1.165) is 32.1 Å². The predicted octanol–water partition coefficient (Wildman–Crippen LogP) is 1.19. The minimum atomic E-state index is -0.436. The Morgan fingerprint density at radius 2 is 1.96 bits per heavy atom. The molecule has 2 saturated carbocycles. The quantitative estimate of drug-likeness (QED) is 0.848. The van der Waals surface area contributed by atoms with Crippen LogP contribution in [0.3, 0.4) is 0 Å². The number of amides is 2. The average molecular weight is 359 g/mol. The van der Waals surface area contributed by atoms with E-state index in [2.05, 4.69) is 10.4 Å². The number of carbonyl (C=O) groups is 2. The lowest BCUT2D eigenvalue weighted by Crippen LogP contribution is -2.55. The lowest BCUT2D eigenvalue weighted by molar-refractivity contribution is -0.132. The van der Waals surface area contributed by atoms with Crippen molar-refractivity contribution in [3.63, 3.8) is 0 Å². The Bertz CT molecular complexity index is 673. The molecular weight excluding hydrogens is 330 g/mol. The molecule has 0 spiro atoms. The van der Waals surface area contributed by atoms with Crippen molar-refractivity contribution in [2.75, 3.05) is 11.4 Å². The average Bonchev–Trinajstić information content (AvgIpc) is 3.02. The first-order chi connectivity index (χ1) is 12.5. The second-order valence-corrected chi connectivity index (χ2v) is 8.24. The highest BCUT2D eigenvalue weighted by Gasteiger charge is 2.41. The zero-order valence-electron chi connectivity index (χ0n) is 15.4. The molecule has 1 aliphatic heterocycles. The van der Waals surface area contributed by atoms with Crippen molar-refractivity contribution in [1.82, 2.24) is 15.1 Å². The summed E-state index contributed by atoms with van der Waals surface area (Å²) in [7, 11) is 1.84. The molecule has 0 radical (unpaired) electrons. The number of aromatic nitrogens is 2. The summed E-state index contributed by atoms with van der Waals surface area (Å²) in [4.78, 5) is 27.4. The van der Waals surface area contributed by atoms with Gasteiger partial charge in [0.2, 0.25) is 5.91 Å². The van der Waals surface area contributed by atoms with Gasteiger partial charge in [-0.05, 0) is 50.4 Å². The van der Waals surface area contributed by atoms with Gasteiger partial charge < -0.3 is 11.1 Å². The fraction of sp³-hybridized carbons (Fsp3) is 0.737. The van der Waals surface area contributed by atoms with Gasteiger partial charge >= 0.3 is 0 Å². The van der Waals surface area contributed by atoms with E-state index >= 15 is 0 Å². The molecule has 7 heteroatoms. The van der Waals surface area contributed by atoms with E-state index in [9.17, 15) is 9.59 Å². The zero-order valence-corrected chi connectivity index (χ0v) is 15.4. The second kappa shape index (κ2) is 7.02. The van der Waals surface area contributed by atoms with Crippen LogP contribution in [0.2, 0.25) is 0 Å². The molecule has 1 saturated heterocycles. The molecule has 2 aliphatic carbocycles. The highest BCUT2D eigenvalue weighted by atomic mass is 16.2. The first-order valence-corrected chi connectivity index (χ1v) is 9.90. The second-order valence-electron chi connectivity index (χ2n) is 8.24. The Balaban J connectivity index is 1.40. The van der Waals surface area contributed by atoms with Crippen molar-refractivity contribution in [3.05, 3.63) is 12.3 Å². The third kappa shape index (κ3) is 3.24. The van der Waals surface area contributed by atoms with Crippen LogP contribution in [0.25, 0.3) is 0 Å². The predicted molar refractivity (Wildman–Crippen MR) is 98.3 cm³/mol. The number of anilines is 1. The Labute approximate surface area is 154 Å². The molecule has 3 atom stereocenters. The maximum absolute atomic E-state index is 12.9. The molecule has 2 bridgehead atoms. The molecule has 7 nitrogen and oxygen atoms in total. The molecule has 2 heterocycles. The molecule has 1 aromatic rings. The van der Waals surface area contributed by atoms with Gasteiger partial charge in [-0.2, -0.15) is 5.10 Å². The van der Waals surface area contributed by atoms with E-state index in [-0.39, 0.29) is 23.8 Å². The van der Waals surface area contributed by atoms with Crippen LogP contribution >= 0.6 is 0 Å². The minimum Gasteiger partial charge on any atom is -0.344 e. The first-order valence-electron chi connectivity index (χ1n) is 9.90. The zero-order chi connectivity index (χ0) is 18.3. The largest absolute Gasteiger partial charge is 0.344 e. The summed E-state index contributed by atoms with van der Waals surface area (Å²) in [5, 5.41) is 7.37. The van der Waals surface area contributed by atoms with Gasteiger partial charge in [-0.3, -0.25) is 19.2 Å². The topological polar surface area (TPSA) is 93.2 Å². The third-order valence-corrected chi connectivity index (χ3v) is 6.52. The fourth-order valence-corrected chi connectivity index (χ4v) is 5.08. The summed E-state index contributed by atoms with van der Waals surface area (Å²) >= 11 is 0. The van der Waals surface area contributed by atoms with Gasteiger partial charge in [-0.1, -0.05) is 6.42 Å². The summed E-state index contributed by atoms with van der Waals surface area (Å²) in [6.07, 6.45) is 8.64. The number of nitrogens with one attached hydrogen (secondary N) is 1. The first kappa shape index (κ1) is 17.5. The summed E-state index contributed by atoms with van der Waals surface area (Å²) in [6, 6.07) is 1.66. The standard InChI is InChI=1S/C19H29N5O2/c1-23-9-7-16(22-23)24-8-3-6-15(19(24)26)21-18(25)14-10-12-4-2-5-13(11-14)17(12)20/h7,9,12-15,17H,2-6,8,10-11,20H2,1H3,(H,21,25). The molecule has 1 aromatic heterocycles. The van der Waals surface area contributed by atoms with Crippen molar-refractivity contribution in [2.24, 2.45) is 30.5 Å². The fourth-order valence-electron chi connectivity index (χ4n) is 5.08. The van der Waals surface area contributed by atoms with Gasteiger partial charge in [-0.15, -0.1) is 0 Å². The SMILES string of the molecule is Cn1ccc(N2CCCC(NC(=O)C3CC4CCCC(C3)C4N)C2=O)n1. The van der Waals surface area contributed by atoms with E-state index in [1.807, 2.05) is 19.3 Å². The van der Waals surface area contributed by atoms with Gasteiger partial charge in [0.25, 0.3) is 5.91 Å². The lowest BCUT2D eigenvalue weighted by Gasteiger charge is -2.44. The normalized spacial score (nSPS) is 34.6.